The molecule has 3 N–H and O–H groups in total. The number of amides is 1. The average Bonchev–Trinajstić information content (AvgIpc) is 2.84. The minimum Gasteiger partial charge on any atom is -0.351 e. The van der Waals surface area contributed by atoms with Crippen molar-refractivity contribution in [3.63, 3.8) is 0 Å². The van der Waals surface area contributed by atoms with Crippen molar-refractivity contribution in [1.82, 2.24) is 5.32 Å². The van der Waals surface area contributed by atoms with Gasteiger partial charge in [0.25, 0.3) is 0 Å². The number of hydrogen-bond donors (Lipinski definition) is 2. The molecule has 1 amide bonds. The van der Waals surface area contributed by atoms with Crippen molar-refractivity contribution in [2.45, 2.75) is 58.0 Å². The van der Waals surface area contributed by atoms with Crippen LogP contribution in [-0.2, 0) is 4.79 Å². The first-order valence-corrected chi connectivity index (χ1v) is 5.52. The predicted molar refractivity (Wildman–Crippen MR) is 57.8 cm³/mol. The number of rotatable bonds is 5. The summed E-state index contributed by atoms with van der Waals surface area (Å²) < 4.78 is 0. The van der Waals surface area contributed by atoms with Gasteiger partial charge in [-0.3, -0.25) is 4.79 Å². The summed E-state index contributed by atoms with van der Waals surface area (Å²) in [5.41, 5.74) is 5.69. The van der Waals surface area contributed by atoms with E-state index >= 15 is 0 Å². The summed E-state index contributed by atoms with van der Waals surface area (Å²) in [5, 5.41) is 3.06. The van der Waals surface area contributed by atoms with E-state index in [2.05, 4.69) is 19.2 Å². The van der Waals surface area contributed by atoms with Crippen LogP contribution in [0.25, 0.3) is 0 Å². The SMILES string of the molecule is CCC(N)CC(=O)NC(C)(C)C1CC1. The first kappa shape index (κ1) is 11.5. The van der Waals surface area contributed by atoms with Crippen LogP contribution in [0.2, 0.25) is 0 Å². The Bertz CT molecular complexity index is 209. The molecular weight excluding hydrogens is 176 g/mol. The van der Waals surface area contributed by atoms with Gasteiger partial charge < -0.3 is 11.1 Å². The van der Waals surface area contributed by atoms with Gasteiger partial charge in [0.05, 0.1) is 0 Å². The van der Waals surface area contributed by atoms with E-state index in [9.17, 15) is 4.79 Å². The van der Waals surface area contributed by atoms with E-state index < -0.39 is 0 Å². The van der Waals surface area contributed by atoms with Crippen molar-refractivity contribution in [2.75, 3.05) is 0 Å². The molecule has 0 aromatic heterocycles. The van der Waals surface area contributed by atoms with E-state index in [1.807, 2.05) is 6.92 Å². The molecule has 1 unspecified atom stereocenters. The van der Waals surface area contributed by atoms with Gasteiger partial charge in [-0.2, -0.15) is 0 Å². The van der Waals surface area contributed by atoms with Crippen molar-refractivity contribution in [3.05, 3.63) is 0 Å². The van der Waals surface area contributed by atoms with Gasteiger partial charge in [-0.25, -0.2) is 0 Å². The van der Waals surface area contributed by atoms with Crippen LogP contribution in [0.5, 0.6) is 0 Å². The van der Waals surface area contributed by atoms with Crippen LogP contribution in [0, 0.1) is 5.92 Å². The zero-order valence-corrected chi connectivity index (χ0v) is 9.47. The maximum absolute atomic E-state index is 11.6. The lowest BCUT2D eigenvalue weighted by Crippen LogP contribution is -2.46. The Hall–Kier alpha value is -0.570. The van der Waals surface area contributed by atoms with E-state index in [1.54, 1.807) is 0 Å². The highest BCUT2D eigenvalue weighted by atomic mass is 16.1. The lowest BCUT2D eigenvalue weighted by molar-refractivity contribution is -0.123. The standard InChI is InChI=1S/C11H22N2O/c1-4-9(12)7-10(14)13-11(2,3)8-5-6-8/h8-9H,4-7,12H2,1-3H3,(H,13,14). The molecule has 0 spiro atoms. The Morgan fingerprint density at radius 2 is 2.14 bits per heavy atom. The predicted octanol–water partition coefficient (Wildman–Crippen LogP) is 1.42. The molecule has 1 aliphatic rings. The van der Waals surface area contributed by atoms with E-state index in [4.69, 9.17) is 5.73 Å². The smallest absolute Gasteiger partial charge is 0.221 e. The summed E-state index contributed by atoms with van der Waals surface area (Å²) in [4.78, 5) is 11.6. The highest BCUT2D eigenvalue weighted by Crippen LogP contribution is 2.39. The second-order valence-electron chi connectivity index (χ2n) is 4.92. The number of nitrogens with two attached hydrogens (primary N) is 1. The Labute approximate surface area is 86.4 Å². The van der Waals surface area contributed by atoms with Crippen LogP contribution in [-0.4, -0.2) is 17.5 Å². The van der Waals surface area contributed by atoms with E-state index in [1.165, 1.54) is 12.8 Å². The van der Waals surface area contributed by atoms with Crippen LogP contribution < -0.4 is 11.1 Å². The zero-order chi connectivity index (χ0) is 10.8. The number of carbonyl (C=O) groups excluding carboxylic acids is 1. The van der Waals surface area contributed by atoms with Gasteiger partial charge in [0, 0.05) is 18.0 Å². The minimum absolute atomic E-state index is 0.00463. The molecule has 1 atom stereocenters. The third-order valence-corrected chi connectivity index (χ3v) is 3.03. The second kappa shape index (κ2) is 4.30. The second-order valence-corrected chi connectivity index (χ2v) is 4.92. The summed E-state index contributed by atoms with van der Waals surface area (Å²) in [5.74, 6) is 0.764. The normalized spacial score (nSPS) is 19.1. The van der Waals surface area contributed by atoms with Crippen LogP contribution in [0.3, 0.4) is 0 Å². The van der Waals surface area contributed by atoms with Gasteiger partial charge in [0.1, 0.15) is 0 Å². The number of hydrogen-bond acceptors (Lipinski definition) is 2. The fourth-order valence-electron chi connectivity index (χ4n) is 1.70. The van der Waals surface area contributed by atoms with Crippen molar-refractivity contribution in [2.24, 2.45) is 11.7 Å². The van der Waals surface area contributed by atoms with E-state index in [0.29, 0.717) is 12.3 Å². The summed E-state index contributed by atoms with van der Waals surface area (Å²) in [6.45, 7) is 6.20. The topological polar surface area (TPSA) is 55.1 Å². The first-order valence-electron chi connectivity index (χ1n) is 5.52. The van der Waals surface area contributed by atoms with Gasteiger partial charge in [-0.05, 0) is 39.0 Å². The van der Waals surface area contributed by atoms with Crippen molar-refractivity contribution in [3.8, 4) is 0 Å². The molecule has 0 radical (unpaired) electrons. The number of nitrogens with one attached hydrogen (secondary N) is 1. The fourth-order valence-corrected chi connectivity index (χ4v) is 1.70. The molecule has 0 aromatic rings. The average molecular weight is 198 g/mol. The van der Waals surface area contributed by atoms with Crippen LogP contribution in [0.15, 0.2) is 0 Å². The van der Waals surface area contributed by atoms with Gasteiger partial charge >= 0.3 is 0 Å². The minimum atomic E-state index is -0.0372. The maximum Gasteiger partial charge on any atom is 0.221 e. The highest BCUT2D eigenvalue weighted by molar-refractivity contribution is 5.77. The number of carbonyl (C=O) groups is 1. The molecule has 0 heterocycles. The summed E-state index contributed by atoms with van der Waals surface area (Å²) in [6, 6.07) is 0.00463. The molecule has 3 heteroatoms. The summed E-state index contributed by atoms with van der Waals surface area (Å²) >= 11 is 0. The molecule has 3 nitrogen and oxygen atoms in total. The molecule has 1 fully saturated rings. The van der Waals surface area contributed by atoms with Gasteiger partial charge in [-0.15, -0.1) is 0 Å². The molecule has 0 aliphatic heterocycles. The monoisotopic (exact) mass is 198 g/mol. The molecule has 0 aromatic carbocycles. The van der Waals surface area contributed by atoms with Gasteiger partial charge in [0.2, 0.25) is 5.91 Å². The van der Waals surface area contributed by atoms with Gasteiger partial charge in [-0.1, -0.05) is 6.92 Å². The molecule has 1 rings (SSSR count). The molecule has 0 bridgehead atoms. The molecular formula is C11H22N2O. The summed E-state index contributed by atoms with van der Waals surface area (Å²) in [7, 11) is 0. The first-order chi connectivity index (χ1) is 6.45. The van der Waals surface area contributed by atoms with Gasteiger partial charge in [0.15, 0.2) is 0 Å². The van der Waals surface area contributed by atoms with Crippen molar-refractivity contribution >= 4 is 5.91 Å². The van der Waals surface area contributed by atoms with Crippen molar-refractivity contribution < 1.29 is 4.79 Å². The van der Waals surface area contributed by atoms with Crippen molar-refractivity contribution in [1.29, 1.82) is 0 Å². The van der Waals surface area contributed by atoms with Crippen LogP contribution in [0.1, 0.15) is 46.5 Å². The Morgan fingerprint density at radius 1 is 1.57 bits per heavy atom. The molecule has 82 valence electrons. The highest BCUT2D eigenvalue weighted by Gasteiger charge is 2.38. The quantitative estimate of drug-likeness (QED) is 0.702. The third-order valence-electron chi connectivity index (χ3n) is 3.03. The molecule has 0 saturated heterocycles. The third kappa shape index (κ3) is 3.29. The van der Waals surface area contributed by atoms with Crippen LogP contribution >= 0.6 is 0 Å². The molecule has 1 aliphatic carbocycles. The maximum atomic E-state index is 11.6. The fraction of sp³-hybridized carbons (Fsp3) is 0.909. The molecule has 1 saturated carbocycles. The summed E-state index contributed by atoms with van der Waals surface area (Å²) in [6.07, 6.45) is 3.80. The Kier molecular flexibility index (Phi) is 3.53. The van der Waals surface area contributed by atoms with Crippen LogP contribution in [0.4, 0.5) is 0 Å². The van der Waals surface area contributed by atoms with E-state index in [0.717, 1.165) is 6.42 Å². The zero-order valence-electron chi connectivity index (χ0n) is 9.47. The molecule has 14 heavy (non-hydrogen) atoms. The Morgan fingerprint density at radius 3 is 2.57 bits per heavy atom. The largest absolute Gasteiger partial charge is 0.351 e. The lowest BCUT2D eigenvalue weighted by Gasteiger charge is -2.26. The Balaban J connectivity index is 2.32. The van der Waals surface area contributed by atoms with E-state index in [-0.39, 0.29) is 17.5 Å². The lowest BCUT2D eigenvalue weighted by atomic mass is 9.98.